The molecule has 1 atom stereocenters. The lowest BCUT2D eigenvalue weighted by Crippen LogP contribution is -2.30. The summed E-state index contributed by atoms with van der Waals surface area (Å²) in [6, 6.07) is 11.8. The fourth-order valence-electron chi connectivity index (χ4n) is 3.62. The van der Waals surface area contributed by atoms with E-state index < -0.39 is 23.7 Å². The van der Waals surface area contributed by atoms with Crippen LogP contribution in [0.3, 0.4) is 0 Å². The predicted molar refractivity (Wildman–Crippen MR) is 109 cm³/mol. The molecule has 2 N–H and O–H groups in total. The maximum absolute atomic E-state index is 13.2. The second kappa shape index (κ2) is 9.19. The minimum atomic E-state index is -4.51. The van der Waals surface area contributed by atoms with Gasteiger partial charge < -0.3 is 15.5 Å². The first kappa shape index (κ1) is 21.7. The average Bonchev–Trinajstić information content (AvgIpc) is 3.21. The predicted octanol–water partition coefficient (Wildman–Crippen LogP) is 4.51. The molecule has 0 bridgehead atoms. The molecule has 1 aliphatic heterocycles. The van der Waals surface area contributed by atoms with E-state index in [0.29, 0.717) is 5.69 Å². The highest BCUT2D eigenvalue weighted by Gasteiger charge is 2.32. The molecule has 0 spiro atoms. The summed E-state index contributed by atoms with van der Waals surface area (Å²) in [6.07, 6.45) is -2.70. The molecule has 2 aromatic rings. The van der Waals surface area contributed by atoms with Gasteiger partial charge in [-0.25, -0.2) is 0 Å². The van der Waals surface area contributed by atoms with E-state index in [2.05, 4.69) is 10.6 Å². The summed E-state index contributed by atoms with van der Waals surface area (Å²) in [7, 11) is 0. The zero-order chi connectivity index (χ0) is 21.7. The van der Waals surface area contributed by atoms with Crippen molar-refractivity contribution in [3.05, 3.63) is 59.7 Å². The van der Waals surface area contributed by atoms with Gasteiger partial charge >= 0.3 is 6.18 Å². The van der Waals surface area contributed by atoms with Gasteiger partial charge in [-0.15, -0.1) is 0 Å². The molecule has 5 nitrogen and oxygen atoms in total. The standard InChI is InChI=1S/C22H24F3N3O2/c1-15(29)26-18(16-7-3-2-4-8-16)14-21(30)27-19-13-17(22(23,24)25)9-10-20(19)28-11-5-6-12-28/h2-4,7-10,13,18H,5-6,11-12,14H2,1H3,(H,26,29)(H,27,30). The van der Waals surface area contributed by atoms with Crippen molar-refractivity contribution in [3.63, 3.8) is 0 Å². The Labute approximate surface area is 173 Å². The highest BCUT2D eigenvalue weighted by molar-refractivity contribution is 5.95. The van der Waals surface area contributed by atoms with Gasteiger partial charge in [-0.2, -0.15) is 13.2 Å². The summed E-state index contributed by atoms with van der Waals surface area (Å²) in [5.74, 6) is -0.772. The molecular formula is C22H24F3N3O2. The molecule has 160 valence electrons. The molecular weight excluding hydrogens is 395 g/mol. The van der Waals surface area contributed by atoms with Crippen LogP contribution in [0.2, 0.25) is 0 Å². The number of amides is 2. The fraction of sp³-hybridized carbons (Fsp3) is 0.364. The van der Waals surface area contributed by atoms with Crippen LogP contribution in [0.15, 0.2) is 48.5 Å². The Morgan fingerprint density at radius 2 is 1.73 bits per heavy atom. The molecule has 1 unspecified atom stereocenters. The van der Waals surface area contributed by atoms with Crippen molar-refractivity contribution < 1.29 is 22.8 Å². The summed E-state index contributed by atoms with van der Waals surface area (Å²) in [5.41, 5.74) is 0.630. The Bertz CT molecular complexity index is 894. The molecule has 1 aliphatic rings. The Morgan fingerprint density at radius 1 is 1.07 bits per heavy atom. The molecule has 2 amide bonds. The average molecular weight is 419 g/mol. The zero-order valence-corrected chi connectivity index (χ0v) is 16.6. The van der Waals surface area contributed by atoms with E-state index in [1.807, 2.05) is 11.0 Å². The molecule has 1 fully saturated rings. The minimum Gasteiger partial charge on any atom is -0.370 e. The second-order valence-electron chi connectivity index (χ2n) is 7.34. The quantitative estimate of drug-likeness (QED) is 0.724. The van der Waals surface area contributed by atoms with Gasteiger partial charge in [0.2, 0.25) is 11.8 Å². The Kier molecular flexibility index (Phi) is 6.64. The molecule has 0 radical (unpaired) electrons. The monoisotopic (exact) mass is 419 g/mol. The van der Waals surface area contributed by atoms with Crippen molar-refractivity contribution in [3.8, 4) is 0 Å². The summed E-state index contributed by atoms with van der Waals surface area (Å²) in [5, 5.41) is 5.37. The number of hydrogen-bond donors (Lipinski definition) is 2. The normalized spacial score (nSPS) is 15.0. The molecule has 1 heterocycles. The number of carbonyl (C=O) groups excluding carboxylic acids is 2. The molecule has 0 saturated carbocycles. The van der Waals surface area contributed by atoms with Crippen LogP contribution in [-0.4, -0.2) is 24.9 Å². The maximum atomic E-state index is 13.2. The highest BCUT2D eigenvalue weighted by Crippen LogP contribution is 2.36. The third-order valence-electron chi connectivity index (χ3n) is 5.01. The van der Waals surface area contributed by atoms with Gasteiger partial charge in [0.05, 0.1) is 29.4 Å². The minimum absolute atomic E-state index is 0.0979. The van der Waals surface area contributed by atoms with E-state index in [4.69, 9.17) is 0 Å². The van der Waals surface area contributed by atoms with E-state index in [0.717, 1.165) is 43.6 Å². The molecule has 30 heavy (non-hydrogen) atoms. The Morgan fingerprint density at radius 3 is 2.33 bits per heavy atom. The van der Waals surface area contributed by atoms with Gasteiger partial charge in [0.25, 0.3) is 0 Å². The topological polar surface area (TPSA) is 61.4 Å². The van der Waals surface area contributed by atoms with E-state index in [-0.39, 0.29) is 18.0 Å². The summed E-state index contributed by atoms with van der Waals surface area (Å²) in [4.78, 5) is 26.3. The lowest BCUT2D eigenvalue weighted by Gasteiger charge is -2.24. The summed E-state index contributed by atoms with van der Waals surface area (Å²) < 4.78 is 39.6. The first-order chi connectivity index (χ1) is 14.2. The fourth-order valence-corrected chi connectivity index (χ4v) is 3.62. The summed E-state index contributed by atoms with van der Waals surface area (Å²) in [6.45, 7) is 2.81. The largest absolute Gasteiger partial charge is 0.416 e. The molecule has 0 aliphatic carbocycles. The zero-order valence-electron chi connectivity index (χ0n) is 16.6. The van der Waals surface area contributed by atoms with Gasteiger partial charge in [-0.05, 0) is 36.6 Å². The third-order valence-corrected chi connectivity index (χ3v) is 5.01. The van der Waals surface area contributed by atoms with Crippen molar-refractivity contribution >= 4 is 23.2 Å². The van der Waals surface area contributed by atoms with Crippen molar-refractivity contribution in [1.29, 1.82) is 0 Å². The Balaban J connectivity index is 1.83. The van der Waals surface area contributed by atoms with Gasteiger partial charge in [-0.1, -0.05) is 30.3 Å². The number of nitrogens with zero attached hydrogens (tertiary/aromatic N) is 1. The van der Waals surface area contributed by atoms with Crippen molar-refractivity contribution in [1.82, 2.24) is 5.32 Å². The first-order valence-electron chi connectivity index (χ1n) is 9.82. The SMILES string of the molecule is CC(=O)NC(CC(=O)Nc1cc(C(F)(F)F)ccc1N1CCCC1)c1ccccc1. The van der Waals surface area contributed by atoms with Gasteiger partial charge in [0.1, 0.15) is 0 Å². The van der Waals surface area contributed by atoms with Crippen molar-refractivity contribution in [2.45, 2.75) is 38.4 Å². The second-order valence-corrected chi connectivity index (χ2v) is 7.34. The number of benzene rings is 2. The number of hydrogen-bond acceptors (Lipinski definition) is 3. The van der Waals surface area contributed by atoms with Gasteiger partial charge in [-0.3, -0.25) is 9.59 Å². The maximum Gasteiger partial charge on any atom is 0.416 e. The number of rotatable bonds is 6. The van der Waals surface area contributed by atoms with Crippen LogP contribution in [0, 0.1) is 0 Å². The van der Waals surface area contributed by atoms with Crippen LogP contribution in [0.1, 0.15) is 43.4 Å². The van der Waals surface area contributed by atoms with Crippen LogP contribution in [0.5, 0.6) is 0 Å². The van der Waals surface area contributed by atoms with Gasteiger partial charge in [0.15, 0.2) is 0 Å². The molecule has 2 aromatic carbocycles. The van der Waals surface area contributed by atoms with Crippen LogP contribution >= 0.6 is 0 Å². The Hall–Kier alpha value is -3.03. The van der Waals surface area contributed by atoms with E-state index in [1.165, 1.54) is 13.0 Å². The molecule has 8 heteroatoms. The first-order valence-corrected chi connectivity index (χ1v) is 9.82. The van der Waals surface area contributed by atoms with Crippen LogP contribution < -0.4 is 15.5 Å². The number of halogens is 3. The lowest BCUT2D eigenvalue weighted by atomic mass is 10.0. The lowest BCUT2D eigenvalue weighted by molar-refractivity contribution is -0.137. The van der Waals surface area contributed by atoms with Crippen LogP contribution in [0.4, 0.5) is 24.5 Å². The van der Waals surface area contributed by atoms with E-state index >= 15 is 0 Å². The van der Waals surface area contributed by atoms with E-state index in [1.54, 1.807) is 24.3 Å². The molecule has 1 saturated heterocycles. The van der Waals surface area contributed by atoms with Crippen LogP contribution in [-0.2, 0) is 15.8 Å². The van der Waals surface area contributed by atoms with E-state index in [9.17, 15) is 22.8 Å². The molecule has 0 aromatic heterocycles. The summed E-state index contributed by atoms with van der Waals surface area (Å²) >= 11 is 0. The van der Waals surface area contributed by atoms with Crippen LogP contribution in [0.25, 0.3) is 0 Å². The number of anilines is 2. The third kappa shape index (κ3) is 5.52. The molecule has 3 rings (SSSR count). The van der Waals surface area contributed by atoms with Crippen molar-refractivity contribution in [2.75, 3.05) is 23.3 Å². The van der Waals surface area contributed by atoms with Crippen molar-refractivity contribution in [2.24, 2.45) is 0 Å². The number of alkyl halides is 3. The van der Waals surface area contributed by atoms with Gasteiger partial charge in [0, 0.05) is 20.0 Å². The highest BCUT2D eigenvalue weighted by atomic mass is 19.4. The smallest absolute Gasteiger partial charge is 0.370 e. The number of nitrogens with one attached hydrogen (secondary N) is 2. The number of carbonyl (C=O) groups is 2.